The average molecular weight is 364 g/mol. The largest absolute Gasteiger partial charge is 0.467 e. The minimum Gasteiger partial charge on any atom is -0.467 e. The smallest absolute Gasteiger partial charge is 0.230 e. The Morgan fingerprint density at radius 3 is 3.04 bits per heavy atom. The standard InChI is InChI=1S/C17H21N3O2S2/c1-3-12-8-13-16(19-14(4-2)20-17(13)24-12)23-10-15(21)18-9-11-6-5-7-22-11/h5-8,16H,3-4,9-10H2,1-2H3,(H,18,21)(H,19,20). The Hall–Kier alpha value is -1.73. The first kappa shape index (κ1) is 17.1. The van der Waals surface area contributed by atoms with E-state index >= 15 is 0 Å². The molecule has 1 unspecified atom stereocenters. The van der Waals surface area contributed by atoms with Gasteiger partial charge in [0.05, 0.1) is 18.6 Å². The van der Waals surface area contributed by atoms with Gasteiger partial charge in [-0.2, -0.15) is 0 Å². The summed E-state index contributed by atoms with van der Waals surface area (Å²) >= 11 is 3.35. The Balaban J connectivity index is 1.60. The maximum Gasteiger partial charge on any atom is 0.230 e. The summed E-state index contributed by atoms with van der Waals surface area (Å²) in [5.74, 6) is 2.12. The van der Waals surface area contributed by atoms with Gasteiger partial charge in [-0.05, 0) is 24.6 Å². The average Bonchev–Trinajstić information content (AvgIpc) is 3.26. The van der Waals surface area contributed by atoms with Gasteiger partial charge in [0.1, 0.15) is 22.0 Å². The van der Waals surface area contributed by atoms with Crippen LogP contribution in [-0.4, -0.2) is 17.5 Å². The van der Waals surface area contributed by atoms with Crippen LogP contribution in [0.2, 0.25) is 0 Å². The van der Waals surface area contributed by atoms with Crippen molar-refractivity contribution in [1.29, 1.82) is 0 Å². The Bertz CT molecular complexity index is 722. The van der Waals surface area contributed by atoms with Crippen molar-refractivity contribution in [2.75, 3.05) is 11.1 Å². The molecule has 2 N–H and O–H groups in total. The molecule has 1 aliphatic rings. The molecule has 3 rings (SSSR count). The molecule has 0 aromatic carbocycles. The fourth-order valence-electron chi connectivity index (χ4n) is 2.40. The molecule has 0 aliphatic carbocycles. The lowest BCUT2D eigenvalue weighted by atomic mass is 10.2. The monoisotopic (exact) mass is 363 g/mol. The van der Waals surface area contributed by atoms with Crippen molar-refractivity contribution in [3.63, 3.8) is 0 Å². The molecular formula is C17H21N3O2S2. The Kier molecular flexibility index (Phi) is 5.63. The number of amidine groups is 1. The topological polar surface area (TPSA) is 66.6 Å². The number of amides is 1. The minimum atomic E-state index is -0.0119. The summed E-state index contributed by atoms with van der Waals surface area (Å²) in [5.41, 5.74) is 1.19. The number of thioether (sulfide) groups is 1. The molecule has 5 nitrogen and oxygen atoms in total. The van der Waals surface area contributed by atoms with Crippen molar-refractivity contribution in [2.24, 2.45) is 4.99 Å². The van der Waals surface area contributed by atoms with E-state index < -0.39 is 0 Å². The molecule has 0 fully saturated rings. The van der Waals surface area contributed by atoms with Gasteiger partial charge in [0.25, 0.3) is 0 Å². The van der Waals surface area contributed by atoms with Gasteiger partial charge in [0, 0.05) is 16.9 Å². The van der Waals surface area contributed by atoms with Crippen LogP contribution < -0.4 is 10.6 Å². The summed E-state index contributed by atoms with van der Waals surface area (Å²) in [6.07, 6.45) is 3.48. The van der Waals surface area contributed by atoms with Gasteiger partial charge in [-0.15, -0.1) is 23.1 Å². The number of hydrogen-bond acceptors (Lipinski definition) is 6. The highest BCUT2D eigenvalue weighted by molar-refractivity contribution is 8.00. The second-order valence-corrected chi connectivity index (χ2v) is 7.63. The summed E-state index contributed by atoms with van der Waals surface area (Å²) in [5, 5.41) is 7.44. The number of carbonyl (C=O) groups excluding carboxylic acids is 1. The molecule has 3 heterocycles. The van der Waals surface area contributed by atoms with E-state index in [0.717, 1.165) is 24.4 Å². The number of furan rings is 1. The molecule has 0 saturated heterocycles. The molecule has 1 aliphatic heterocycles. The van der Waals surface area contributed by atoms with E-state index in [1.54, 1.807) is 29.4 Å². The van der Waals surface area contributed by atoms with Crippen molar-refractivity contribution in [1.82, 2.24) is 5.32 Å². The van der Waals surface area contributed by atoms with Crippen LogP contribution in [0, 0.1) is 0 Å². The van der Waals surface area contributed by atoms with Crippen molar-refractivity contribution >= 4 is 39.8 Å². The summed E-state index contributed by atoms with van der Waals surface area (Å²) in [6.45, 7) is 4.66. The minimum absolute atomic E-state index is 0.00400. The van der Waals surface area contributed by atoms with Gasteiger partial charge in [0.15, 0.2) is 0 Å². The first-order valence-corrected chi connectivity index (χ1v) is 9.93. The van der Waals surface area contributed by atoms with Gasteiger partial charge in [-0.1, -0.05) is 13.8 Å². The zero-order valence-electron chi connectivity index (χ0n) is 13.8. The van der Waals surface area contributed by atoms with E-state index in [9.17, 15) is 4.79 Å². The van der Waals surface area contributed by atoms with Crippen LogP contribution in [0.5, 0.6) is 0 Å². The van der Waals surface area contributed by atoms with Crippen LogP contribution in [0.25, 0.3) is 0 Å². The van der Waals surface area contributed by atoms with Crippen LogP contribution in [0.4, 0.5) is 5.00 Å². The van der Waals surface area contributed by atoms with Gasteiger partial charge in [-0.3, -0.25) is 9.79 Å². The number of hydrogen-bond donors (Lipinski definition) is 2. The third-order valence-corrected chi connectivity index (χ3v) is 6.02. The molecule has 24 heavy (non-hydrogen) atoms. The second kappa shape index (κ2) is 7.90. The van der Waals surface area contributed by atoms with Crippen molar-refractivity contribution in [2.45, 2.75) is 38.6 Å². The lowest BCUT2D eigenvalue weighted by Crippen LogP contribution is -2.25. The van der Waals surface area contributed by atoms with E-state index in [1.165, 1.54) is 15.4 Å². The highest BCUT2D eigenvalue weighted by Crippen LogP contribution is 2.43. The highest BCUT2D eigenvalue weighted by Gasteiger charge is 2.24. The molecule has 0 spiro atoms. The lowest BCUT2D eigenvalue weighted by molar-refractivity contribution is -0.118. The molecule has 7 heteroatoms. The number of aryl methyl sites for hydroxylation is 1. The van der Waals surface area contributed by atoms with E-state index in [4.69, 9.17) is 9.41 Å². The Morgan fingerprint density at radius 2 is 2.33 bits per heavy atom. The van der Waals surface area contributed by atoms with E-state index in [2.05, 4.69) is 30.5 Å². The third kappa shape index (κ3) is 4.02. The third-order valence-electron chi connectivity index (χ3n) is 3.70. The summed E-state index contributed by atoms with van der Waals surface area (Å²) in [4.78, 5) is 18.2. The Morgan fingerprint density at radius 1 is 1.46 bits per heavy atom. The molecule has 0 bridgehead atoms. The number of nitrogens with one attached hydrogen (secondary N) is 2. The molecule has 2 aromatic heterocycles. The number of thiophene rings is 1. The number of anilines is 1. The summed E-state index contributed by atoms with van der Waals surface area (Å²) < 4.78 is 5.22. The van der Waals surface area contributed by atoms with Gasteiger partial charge < -0.3 is 15.1 Å². The number of nitrogens with zero attached hydrogens (tertiary/aromatic N) is 1. The van der Waals surface area contributed by atoms with Gasteiger partial charge in [-0.25, -0.2) is 0 Å². The summed E-state index contributed by atoms with van der Waals surface area (Å²) in [6, 6.07) is 5.87. The highest BCUT2D eigenvalue weighted by atomic mass is 32.2. The zero-order valence-corrected chi connectivity index (χ0v) is 15.4. The van der Waals surface area contributed by atoms with Gasteiger partial charge >= 0.3 is 0 Å². The second-order valence-electron chi connectivity index (χ2n) is 5.42. The summed E-state index contributed by atoms with van der Waals surface area (Å²) in [7, 11) is 0. The van der Waals surface area contributed by atoms with Crippen LogP contribution in [0.1, 0.15) is 41.8 Å². The first-order valence-electron chi connectivity index (χ1n) is 8.06. The van der Waals surface area contributed by atoms with E-state index in [-0.39, 0.29) is 11.3 Å². The van der Waals surface area contributed by atoms with Crippen molar-refractivity contribution < 1.29 is 9.21 Å². The zero-order chi connectivity index (χ0) is 16.9. The normalized spacial score (nSPS) is 16.2. The maximum atomic E-state index is 12.1. The fraction of sp³-hybridized carbons (Fsp3) is 0.412. The number of rotatable bonds is 7. The molecule has 0 radical (unpaired) electrons. The molecule has 1 atom stereocenters. The van der Waals surface area contributed by atoms with Crippen LogP contribution >= 0.6 is 23.1 Å². The predicted molar refractivity (Wildman–Crippen MR) is 101 cm³/mol. The van der Waals surface area contributed by atoms with Crippen molar-refractivity contribution in [3.8, 4) is 0 Å². The number of aliphatic imine (C=N–C) groups is 1. The van der Waals surface area contributed by atoms with Crippen molar-refractivity contribution in [3.05, 3.63) is 40.7 Å². The lowest BCUT2D eigenvalue weighted by Gasteiger charge is -2.21. The number of fused-ring (bicyclic) bond motifs is 1. The quantitative estimate of drug-likeness (QED) is 0.774. The maximum absolute atomic E-state index is 12.1. The molecule has 2 aromatic rings. The van der Waals surface area contributed by atoms with Crippen LogP contribution in [0.15, 0.2) is 33.9 Å². The molecular weight excluding hydrogens is 342 g/mol. The molecule has 0 saturated carbocycles. The van der Waals surface area contributed by atoms with E-state index in [0.29, 0.717) is 12.3 Å². The van der Waals surface area contributed by atoms with Crippen LogP contribution in [0.3, 0.4) is 0 Å². The van der Waals surface area contributed by atoms with Gasteiger partial charge in [0.2, 0.25) is 5.91 Å². The number of carbonyl (C=O) groups is 1. The fourth-order valence-corrected chi connectivity index (χ4v) is 4.50. The van der Waals surface area contributed by atoms with Crippen LogP contribution in [-0.2, 0) is 17.8 Å². The Labute approximate surface area is 149 Å². The molecule has 1 amide bonds. The SMILES string of the molecule is CCC1=NC(SCC(=O)NCc2ccco2)c2cc(CC)sc2N1. The van der Waals surface area contributed by atoms with E-state index in [1.807, 2.05) is 12.1 Å². The molecule has 128 valence electrons. The predicted octanol–water partition coefficient (Wildman–Crippen LogP) is 4.19. The first-order chi connectivity index (χ1) is 11.7.